The number of nitrogens with zero attached hydrogens (tertiary/aromatic N) is 2. The average molecular weight is 619 g/mol. The van der Waals surface area contributed by atoms with E-state index in [1.807, 2.05) is 49.4 Å². The molecule has 0 saturated carbocycles. The fourth-order valence-electron chi connectivity index (χ4n) is 4.50. The van der Waals surface area contributed by atoms with Crippen molar-refractivity contribution < 1.29 is 18.0 Å². The standard InChI is InChI=1S/C31H37Cl2N3O4S/c1-3-4-19-34-31(38)29(22-24-10-6-5-7-11-24)35(23-25-12-8-13-27(33)21-25)30(37)14-9-20-36(41(2,39)40)28-17-15-26(32)16-18-28/h5-8,10-13,15-18,21,29H,3-4,9,14,19-20,22-23H2,1-2H3,(H,34,38)/t29-/m1/s1. The van der Waals surface area contributed by atoms with E-state index < -0.39 is 16.1 Å². The van der Waals surface area contributed by atoms with Crippen molar-refractivity contribution in [3.8, 4) is 0 Å². The van der Waals surface area contributed by atoms with Gasteiger partial charge in [0.1, 0.15) is 6.04 Å². The van der Waals surface area contributed by atoms with E-state index in [4.69, 9.17) is 23.2 Å². The van der Waals surface area contributed by atoms with Crippen molar-refractivity contribution in [2.24, 2.45) is 0 Å². The van der Waals surface area contributed by atoms with Gasteiger partial charge in [0, 0.05) is 42.5 Å². The summed E-state index contributed by atoms with van der Waals surface area (Å²) in [6, 6.07) is 22.5. The molecule has 10 heteroatoms. The second-order valence-electron chi connectivity index (χ2n) is 9.92. The van der Waals surface area contributed by atoms with Crippen LogP contribution < -0.4 is 9.62 Å². The second-order valence-corrected chi connectivity index (χ2v) is 12.7. The third-order valence-corrected chi connectivity index (χ3v) is 8.29. The smallest absolute Gasteiger partial charge is 0.243 e. The lowest BCUT2D eigenvalue weighted by Crippen LogP contribution is -2.50. The summed E-state index contributed by atoms with van der Waals surface area (Å²) >= 11 is 12.2. The summed E-state index contributed by atoms with van der Waals surface area (Å²) < 4.78 is 26.4. The number of amides is 2. The number of carbonyl (C=O) groups is 2. The summed E-state index contributed by atoms with van der Waals surface area (Å²) in [5.41, 5.74) is 2.19. The van der Waals surface area contributed by atoms with Gasteiger partial charge in [-0.15, -0.1) is 0 Å². The molecule has 1 N–H and O–H groups in total. The minimum absolute atomic E-state index is 0.0493. The molecule has 220 valence electrons. The third-order valence-electron chi connectivity index (χ3n) is 6.61. The lowest BCUT2D eigenvalue weighted by molar-refractivity contribution is -0.141. The van der Waals surface area contributed by atoms with Crippen molar-refractivity contribution in [2.75, 3.05) is 23.7 Å². The average Bonchev–Trinajstić information content (AvgIpc) is 2.93. The number of benzene rings is 3. The molecule has 0 saturated heterocycles. The van der Waals surface area contributed by atoms with Gasteiger partial charge in [-0.05, 0) is 60.4 Å². The molecule has 41 heavy (non-hydrogen) atoms. The Balaban J connectivity index is 1.86. The number of carbonyl (C=O) groups excluding carboxylic acids is 2. The minimum atomic E-state index is -3.60. The lowest BCUT2D eigenvalue weighted by Gasteiger charge is -2.32. The number of hydrogen-bond acceptors (Lipinski definition) is 4. The number of unbranched alkanes of at least 4 members (excludes halogenated alkanes) is 1. The van der Waals surface area contributed by atoms with Gasteiger partial charge < -0.3 is 10.2 Å². The fraction of sp³-hybridized carbons (Fsp3) is 0.355. The van der Waals surface area contributed by atoms with E-state index in [9.17, 15) is 18.0 Å². The summed E-state index contributed by atoms with van der Waals surface area (Å²) in [5.74, 6) is -0.474. The zero-order valence-electron chi connectivity index (χ0n) is 23.4. The number of sulfonamides is 1. The second kappa shape index (κ2) is 15.8. The summed E-state index contributed by atoms with van der Waals surface area (Å²) in [7, 11) is -3.60. The summed E-state index contributed by atoms with van der Waals surface area (Å²) in [4.78, 5) is 29.0. The van der Waals surface area contributed by atoms with Crippen LogP contribution in [0.25, 0.3) is 0 Å². The van der Waals surface area contributed by atoms with Crippen LogP contribution in [-0.2, 0) is 32.6 Å². The monoisotopic (exact) mass is 617 g/mol. The van der Waals surface area contributed by atoms with Gasteiger partial charge >= 0.3 is 0 Å². The van der Waals surface area contributed by atoms with E-state index >= 15 is 0 Å². The largest absolute Gasteiger partial charge is 0.354 e. The van der Waals surface area contributed by atoms with Crippen LogP contribution in [0.2, 0.25) is 10.0 Å². The minimum Gasteiger partial charge on any atom is -0.354 e. The number of rotatable bonds is 15. The fourth-order valence-corrected chi connectivity index (χ4v) is 5.81. The highest BCUT2D eigenvalue weighted by molar-refractivity contribution is 7.92. The van der Waals surface area contributed by atoms with Crippen molar-refractivity contribution in [1.29, 1.82) is 0 Å². The molecule has 2 amide bonds. The first kappa shape index (κ1) is 32.4. The van der Waals surface area contributed by atoms with Crippen molar-refractivity contribution in [3.05, 3.63) is 100 Å². The highest BCUT2D eigenvalue weighted by atomic mass is 35.5. The van der Waals surface area contributed by atoms with Gasteiger partial charge in [0.15, 0.2) is 0 Å². The van der Waals surface area contributed by atoms with Crippen molar-refractivity contribution in [1.82, 2.24) is 10.2 Å². The van der Waals surface area contributed by atoms with Crippen LogP contribution in [0.1, 0.15) is 43.7 Å². The van der Waals surface area contributed by atoms with Crippen LogP contribution in [0.4, 0.5) is 5.69 Å². The van der Waals surface area contributed by atoms with Gasteiger partial charge in [-0.2, -0.15) is 0 Å². The molecule has 0 aromatic heterocycles. The normalized spacial score (nSPS) is 12.0. The van der Waals surface area contributed by atoms with Crippen molar-refractivity contribution in [3.63, 3.8) is 0 Å². The Labute approximate surface area is 253 Å². The molecule has 0 bridgehead atoms. The quantitative estimate of drug-likeness (QED) is 0.209. The Kier molecular flexibility index (Phi) is 12.5. The predicted octanol–water partition coefficient (Wildman–Crippen LogP) is 6.10. The lowest BCUT2D eigenvalue weighted by atomic mass is 10.0. The molecular weight excluding hydrogens is 581 g/mol. The molecule has 0 unspecified atom stereocenters. The van der Waals surface area contributed by atoms with Gasteiger partial charge in [-0.3, -0.25) is 13.9 Å². The molecule has 3 aromatic carbocycles. The molecule has 0 radical (unpaired) electrons. The van der Waals surface area contributed by atoms with Crippen LogP contribution in [0.3, 0.4) is 0 Å². The van der Waals surface area contributed by atoms with Crippen LogP contribution in [0.5, 0.6) is 0 Å². The zero-order chi connectivity index (χ0) is 29.8. The Hall–Kier alpha value is -3.07. The topological polar surface area (TPSA) is 86.8 Å². The molecule has 0 spiro atoms. The molecule has 3 rings (SSSR count). The molecule has 1 atom stereocenters. The highest BCUT2D eigenvalue weighted by Crippen LogP contribution is 2.22. The van der Waals surface area contributed by atoms with E-state index in [1.165, 1.54) is 4.31 Å². The summed E-state index contributed by atoms with van der Waals surface area (Å²) in [6.45, 7) is 2.85. The Bertz CT molecular complexity index is 1390. The number of anilines is 1. The van der Waals surface area contributed by atoms with E-state index in [2.05, 4.69) is 5.32 Å². The first-order chi connectivity index (χ1) is 19.6. The molecular formula is C31H37Cl2N3O4S. The molecule has 0 fully saturated rings. The van der Waals surface area contributed by atoms with E-state index in [-0.39, 0.29) is 37.7 Å². The van der Waals surface area contributed by atoms with Gasteiger partial charge in [-0.1, -0.05) is 79.0 Å². The first-order valence-electron chi connectivity index (χ1n) is 13.7. The highest BCUT2D eigenvalue weighted by Gasteiger charge is 2.30. The maximum absolute atomic E-state index is 13.8. The van der Waals surface area contributed by atoms with E-state index in [0.29, 0.717) is 28.7 Å². The van der Waals surface area contributed by atoms with Crippen LogP contribution in [0.15, 0.2) is 78.9 Å². The number of halogens is 2. The molecule has 7 nitrogen and oxygen atoms in total. The summed E-state index contributed by atoms with van der Waals surface area (Å²) in [5, 5.41) is 4.03. The van der Waals surface area contributed by atoms with E-state index in [0.717, 1.165) is 30.2 Å². The van der Waals surface area contributed by atoms with Crippen LogP contribution >= 0.6 is 23.2 Å². The maximum Gasteiger partial charge on any atom is 0.243 e. The van der Waals surface area contributed by atoms with Gasteiger partial charge in [-0.25, -0.2) is 8.42 Å². The van der Waals surface area contributed by atoms with Crippen molar-refractivity contribution >= 4 is 50.7 Å². The molecule has 0 aliphatic heterocycles. The SMILES string of the molecule is CCCCNC(=O)[C@@H](Cc1ccccc1)N(Cc1cccc(Cl)c1)C(=O)CCCN(c1ccc(Cl)cc1)S(C)(=O)=O. The zero-order valence-corrected chi connectivity index (χ0v) is 25.8. The molecule has 3 aromatic rings. The first-order valence-corrected chi connectivity index (χ1v) is 16.3. The van der Waals surface area contributed by atoms with Gasteiger partial charge in [0.2, 0.25) is 21.8 Å². The number of hydrogen-bond donors (Lipinski definition) is 1. The van der Waals surface area contributed by atoms with Crippen molar-refractivity contribution in [2.45, 2.75) is 51.6 Å². The Morgan fingerprint density at radius 3 is 2.20 bits per heavy atom. The molecule has 0 aliphatic carbocycles. The Morgan fingerprint density at radius 2 is 1.56 bits per heavy atom. The molecule has 0 heterocycles. The third kappa shape index (κ3) is 10.4. The number of nitrogens with one attached hydrogen (secondary N) is 1. The maximum atomic E-state index is 13.8. The predicted molar refractivity (Wildman–Crippen MR) is 167 cm³/mol. The van der Waals surface area contributed by atoms with E-state index in [1.54, 1.807) is 41.3 Å². The van der Waals surface area contributed by atoms with Crippen LogP contribution in [0, 0.1) is 0 Å². The molecule has 0 aliphatic rings. The van der Waals surface area contributed by atoms with Crippen LogP contribution in [-0.4, -0.2) is 50.5 Å². The summed E-state index contributed by atoms with van der Waals surface area (Å²) in [6.07, 6.45) is 3.54. The van der Waals surface area contributed by atoms with Gasteiger partial charge in [0.05, 0.1) is 11.9 Å². The Morgan fingerprint density at radius 1 is 0.878 bits per heavy atom. The van der Waals surface area contributed by atoms with Gasteiger partial charge in [0.25, 0.3) is 0 Å².